The molecule has 6 nitrogen and oxygen atoms in total. The van der Waals surface area contributed by atoms with Crippen molar-refractivity contribution in [3.8, 4) is 0 Å². The summed E-state index contributed by atoms with van der Waals surface area (Å²) in [5, 5.41) is 11.7. The number of imidazole rings is 1. The molecule has 6 heteroatoms. The maximum absolute atomic E-state index is 11.7. The normalized spacial score (nSPS) is 33.8. The maximum Gasteiger partial charge on any atom is 0.306 e. The fourth-order valence-electron chi connectivity index (χ4n) is 3.36. The topological polar surface area (TPSA) is 67.6 Å². The Balaban J connectivity index is 1.87. The summed E-state index contributed by atoms with van der Waals surface area (Å²) in [6.07, 6.45) is 8.44. The fourth-order valence-corrected chi connectivity index (χ4v) is 3.36. The Labute approximate surface area is 111 Å². The second-order valence-electron chi connectivity index (χ2n) is 5.35. The number of hydrogen-bond donors (Lipinski definition) is 1. The zero-order valence-electron chi connectivity index (χ0n) is 11.0. The Bertz CT molecular complexity index is 462. The van der Waals surface area contributed by atoms with Gasteiger partial charge < -0.3 is 14.5 Å². The first kappa shape index (κ1) is 12.6. The third-order valence-electron chi connectivity index (χ3n) is 4.27. The minimum atomic E-state index is -0.662. The summed E-state index contributed by atoms with van der Waals surface area (Å²) >= 11 is 0. The molecular weight excluding hydrogens is 246 g/mol. The zero-order chi connectivity index (χ0) is 13.5. The van der Waals surface area contributed by atoms with E-state index in [1.54, 1.807) is 12.5 Å². The van der Waals surface area contributed by atoms with Crippen molar-refractivity contribution in [2.75, 3.05) is 0 Å². The number of aromatic nitrogens is 2. The number of ether oxygens (including phenoxy) is 1. The summed E-state index contributed by atoms with van der Waals surface area (Å²) in [5.74, 6) is -0.187. The monoisotopic (exact) mass is 265 g/mol. The highest BCUT2D eigenvalue weighted by atomic mass is 16.6. The van der Waals surface area contributed by atoms with Crippen molar-refractivity contribution in [1.82, 2.24) is 14.6 Å². The van der Waals surface area contributed by atoms with E-state index in [1.165, 1.54) is 5.06 Å². The molecule has 2 saturated heterocycles. The fraction of sp³-hybridized carbons (Fsp3) is 0.692. The van der Waals surface area contributed by atoms with Crippen LogP contribution in [0.2, 0.25) is 0 Å². The van der Waals surface area contributed by atoms with E-state index in [2.05, 4.69) is 4.98 Å². The summed E-state index contributed by atoms with van der Waals surface area (Å²) in [7, 11) is 0. The lowest BCUT2D eigenvalue weighted by atomic mass is 9.91. The number of carbonyl (C=O) groups is 1. The highest BCUT2D eigenvalue weighted by molar-refractivity contribution is 5.69. The lowest BCUT2D eigenvalue weighted by Gasteiger charge is -2.37. The molecule has 3 rings (SSSR count). The first-order chi connectivity index (χ1) is 9.18. The van der Waals surface area contributed by atoms with Gasteiger partial charge in [0.2, 0.25) is 0 Å². The number of nitrogens with zero attached hydrogens (tertiary/aromatic N) is 3. The second kappa shape index (κ2) is 4.61. The van der Waals surface area contributed by atoms with Crippen LogP contribution in [-0.4, -0.2) is 37.9 Å². The second-order valence-corrected chi connectivity index (χ2v) is 5.35. The van der Waals surface area contributed by atoms with Crippen LogP contribution in [0.15, 0.2) is 18.7 Å². The molecule has 0 amide bonds. The number of hydroxylamine groups is 2. The predicted molar refractivity (Wildman–Crippen MR) is 66.3 cm³/mol. The zero-order valence-corrected chi connectivity index (χ0v) is 11.0. The molecule has 0 aromatic carbocycles. The van der Waals surface area contributed by atoms with E-state index in [1.807, 2.05) is 17.7 Å². The molecular formula is C13H19N3O3. The molecule has 104 valence electrons. The van der Waals surface area contributed by atoms with Crippen LogP contribution in [0.3, 0.4) is 0 Å². The van der Waals surface area contributed by atoms with E-state index in [-0.39, 0.29) is 18.1 Å². The van der Waals surface area contributed by atoms with E-state index in [0.717, 1.165) is 19.3 Å². The van der Waals surface area contributed by atoms with Gasteiger partial charge in [0.1, 0.15) is 6.10 Å². The Morgan fingerprint density at radius 3 is 3.11 bits per heavy atom. The molecule has 2 aliphatic heterocycles. The Morgan fingerprint density at radius 1 is 1.63 bits per heavy atom. The highest BCUT2D eigenvalue weighted by Gasteiger charge is 2.61. The van der Waals surface area contributed by atoms with Crippen molar-refractivity contribution in [3.63, 3.8) is 0 Å². The van der Waals surface area contributed by atoms with E-state index in [4.69, 9.17) is 4.74 Å². The molecule has 2 fully saturated rings. The van der Waals surface area contributed by atoms with Gasteiger partial charge in [0.15, 0.2) is 5.66 Å². The van der Waals surface area contributed by atoms with Gasteiger partial charge in [-0.05, 0) is 19.3 Å². The lowest BCUT2D eigenvalue weighted by molar-refractivity contribution is -0.207. The molecule has 0 spiro atoms. The highest BCUT2D eigenvalue weighted by Crippen LogP contribution is 2.49. The van der Waals surface area contributed by atoms with Gasteiger partial charge in [-0.3, -0.25) is 4.79 Å². The molecule has 2 bridgehead atoms. The van der Waals surface area contributed by atoms with Gasteiger partial charge in [-0.2, -0.15) is 5.06 Å². The average molecular weight is 265 g/mol. The van der Waals surface area contributed by atoms with Crippen LogP contribution in [0.5, 0.6) is 0 Å². The van der Waals surface area contributed by atoms with E-state index >= 15 is 0 Å². The van der Waals surface area contributed by atoms with Crippen LogP contribution < -0.4 is 0 Å². The van der Waals surface area contributed by atoms with Crippen molar-refractivity contribution < 1.29 is 14.7 Å². The van der Waals surface area contributed by atoms with Crippen LogP contribution in [0.1, 0.15) is 39.0 Å². The number of rotatable bonds is 4. The van der Waals surface area contributed by atoms with E-state index in [9.17, 15) is 10.0 Å². The molecule has 3 unspecified atom stereocenters. The SMILES string of the molecule is CCCC(=O)OC1CC2CCC1(n1ccnc1)N2O. The van der Waals surface area contributed by atoms with Gasteiger partial charge >= 0.3 is 5.97 Å². The molecule has 19 heavy (non-hydrogen) atoms. The van der Waals surface area contributed by atoms with Gasteiger partial charge in [-0.15, -0.1) is 0 Å². The Hall–Kier alpha value is -1.40. The Morgan fingerprint density at radius 2 is 2.47 bits per heavy atom. The van der Waals surface area contributed by atoms with Crippen molar-refractivity contribution in [1.29, 1.82) is 0 Å². The number of fused-ring (bicyclic) bond motifs is 2. The van der Waals surface area contributed by atoms with Gasteiger partial charge in [-0.25, -0.2) is 4.98 Å². The maximum atomic E-state index is 11.7. The van der Waals surface area contributed by atoms with Crippen molar-refractivity contribution in [2.24, 2.45) is 0 Å². The minimum Gasteiger partial charge on any atom is -0.458 e. The van der Waals surface area contributed by atoms with Crippen LogP contribution in [0.4, 0.5) is 0 Å². The van der Waals surface area contributed by atoms with Gasteiger partial charge in [0.05, 0.1) is 6.33 Å². The quantitative estimate of drug-likeness (QED) is 0.836. The summed E-state index contributed by atoms with van der Waals surface area (Å²) in [4.78, 5) is 15.8. The third-order valence-corrected chi connectivity index (χ3v) is 4.27. The van der Waals surface area contributed by atoms with Crippen LogP contribution >= 0.6 is 0 Å². The molecule has 0 radical (unpaired) electrons. The average Bonchev–Trinajstić information content (AvgIpc) is 3.06. The van der Waals surface area contributed by atoms with Crippen LogP contribution in [-0.2, 0) is 15.2 Å². The minimum absolute atomic E-state index is 0.0711. The van der Waals surface area contributed by atoms with Gasteiger partial charge in [0, 0.05) is 31.3 Å². The molecule has 1 N–H and O–H groups in total. The van der Waals surface area contributed by atoms with Gasteiger partial charge in [-0.1, -0.05) is 6.92 Å². The van der Waals surface area contributed by atoms with Gasteiger partial charge in [0.25, 0.3) is 0 Å². The summed E-state index contributed by atoms with van der Waals surface area (Å²) in [6, 6.07) is 0.0711. The molecule has 3 atom stereocenters. The van der Waals surface area contributed by atoms with Crippen LogP contribution in [0, 0.1) is 0 Å². The number of carbonyl (C=O) groups excluding carboxylic acids is 1. The standard InChI is InChI=1S/C13H19N3O3/c1-2-3-12(17)19-11-8-10-4-5-13(11,16(10)18)15-7-6-14-9-15/h6-7,9-11,18H,2-5,8H2,1H3. The summed E-state index contributed by atoms with van der Waals surface area (Å²) in [6.45, 7) is 1.95. The molecule has 1 aromatic heterocycles. The predicted octanol–water partition coefficient (Wildman–Crippen LogP) is 1.51. The molecule has 1 aromatic rings. The number of esters is 1. The van der Waals surface area contributed by atoms with Crippen molar-refractivity contribution in [3.05, 3.63) is 18.7 Å². The largest absolute Gasteiger partial charge is 0.458 e. The summed E-state index contributed by atoms with van der Waals surface area (Å²) in [5.41, 5.74) is -0.662. The summed E-state index contributed by atoms with van der Waals surface area (Å²) < 4.78 is 7.46. The van der Waals surface area contributed by atoms with Crippen LogP contribution in [0.25, 0.3) is 0 Å². The lowest BCUT2D eigenvalue weighted by Crippen LogP contribution is -2.49. The first-order valence-electron chi connectivity index (χ1n) is 6.84. The van der Waals surface area contributed by atoms with Crippen molar-refractivity contribution >= 4 is 5.97 Å². The smallest absolute Gasteiger partial charge is 0.306 e. The van der Waals surface area contributed by atoms with E-state index < -0.39 is 5.66 Å². The molecule has 0 aliphatic carbocycles. The third kappa shape index (κ3) is 1.78. The Kier molecular flexibility index (Phi) is 3.06. The molecule has 3 heterocycles. The number of hydrogen-bond acceptors (Lipinski definition) is 5. The first-order valence-corrected chi connectivity index (χ1v) is 6.84. The van der Waals surface area contributed by atoms with E-state index in [0.29, 0.717) is 12.8 Å². The van der Waals surface area contributed by atoms with Crippen molar-refractivity contribution in [2.45, 2.75) is 56.8 Å². The molecule has 2 aliphatic rings. The molecule has 0 saturated carbocycles.